The summed E-state index contributed by atoms with van der Waals surface area (Å²) in [6.45, 7) is 21.8. The number of quaternary nitrogens is 3. The van der Waals surface area contributed by atoms with Gasteiger partial charge >= 0.3 is 0 Å². The highest BCUT2D eigenvalue weighted by atomic mass is 17.2. The van der Waals surface area contributed by atoms with Crippen LogP contribution in [0.15, 0.2) is 38.0 Å². The fourth-order valence-electron chi connectivity index (χ4n) is 4.97. The smallest absolute Gasteiger partial charge is 0.131 e. The zero-order chi connectivity index (χ0) is 29.0. The average molecular weight is 547 g/mol. The third-order valence-corrected chi connectivity index (χ3v) is 6.70. The van der Waals surface area contributed by atoms with E-state index in [0.29, 0.717) is 39.6 Å². The lowest BCUT2D eigenvalue weighted by atomic mass is 9.77. The van der Waals surface area contributed by atoms with Crippen LogP contribution in [0.5, 0.6) is 0 Å². The molecule has 0 heterocycles. The molecular weight excluding hydrogens is 486 g/mol. The van der Waals surface area contributed by atoms with Gasteiger partial charge in [0.15, 0.2) is 0 Å². The van der Waals surface area contributed by atoms with Crippen molar-refractivity contribution < 1.29 is 42.8 Å². The van der Waals surface area contributed by atoms with Crippen molar-refractivity contribution in [3.8, 4) is 0 Å². The molecule has 0 unspecified atom stereocenters. The maximum absolute atomic E-state index is 5.39. The first-order valence-corrected chi connectivity index (χ1v) is 13.9. The van der Waals surface area contributed by atoms with Crippen LogP contribution in [0.25, 0.3) is 0 Å². The minimum Gasteiger partial charge on any atom is -0.326 e. The summed E-state index contributed by atoms with van der Waals surface area (Å²) >= 11 is 0. The van der Waals surface area contributed by atoms with Crippen LogP contribution in [0.3, 0.4) is 0 Å². The molecule has 224 valence electrons. The monoisotopic (exact) mass is 546 g/mol. The number of likely N-dealkylation sites (N-methyl/N-ethyl adjacent to an activating group) is 3. The van der Waals surface area contributed by atoms with Crippen molar-refractivity contribution in [1.29, 1.82) is 0 Å². The summed E-state index contributed by atoms with van der Waals surface area (Å²) in [5, 5.41) is 0. The Hall–Kier alpha value is -1.14. The van der Waals surface area contributed by atoms with Crippen molar-refractivity contribution in [1.82, 2.24) is 0 Å². The minimum absolute atomic E-state index is 0.126. The van der Waals surface area contributed by atoms with Crippen molar-refractivity contribution in [3.05, 3.63) is 38.0 Å². The van der Waals surface area contributed by atoms with Crippen LogP contribution in [-0.2, 0) is 29.3 Å². The van der Waals surface area contributed by atoms with Crippen LogP contribution in [0.2, 0.25) is 0 Å². The van der Waals surface area contributed by atoms with E-state index in [2.05, 4.69) is 68.9 Å². The molecular formula is C29H60N3O6+3. The van der Waals surface area contributed by atoms with Crippen LogP contribution >= 0.6 is 0 Å². The molecule has 0 atom stereocenters. The van der Waals surface area contributed by atoms with Gasteiger partial charge in [0.1, 0.15) is 59.3 Å². The first-order valence-electron chi connectivity index (χ1n) is 13.9. The summed E-state index contributed by atoms with van der Waals surface area (Å²) < 4.78 is 2.56. The van der Waals surface area contributed by atoms with Crippen molar-refractivity contribution in [3.63, 3.8) is 0 Å². The predicted molar refractivity (Wildman–Crippen MR) is 154 cm³/mol. The van der Waals surface area contributed by atoms with Crippen molar-refractivity contribution >= 4 is 0 Å². The summed E-state index contributed by atoms with van der Waals surface area (Å²) in [5.74, 6) is 0. The molecule has 0 aliphatic heterocycles. The summed E-state index contributed by atoms with van der Waals surface area (Å²) in [7, 11) is 13.7. The molecule has 38 heavy (non-hydrogen) atoms. The molecule has 0 saturated heterocycles. The summed E-state index contributed by atoms with van der Waals surface area (Å²) in [5.41, 5.74) is 0.126. The molecule has 0 aromatic rings. The predicted octanol–water partition coefficient (Wildman–Crippen LogP) is 3.79. The molecule has 0 rings (SSSR count). The second kappa shape index (κ2) is 19.8. The highest BCUT2D eigenvalue weighted by molar-refractivity contribution is 4.80. The Labute approximate surface area is 233 Å². The van der Waals surface area contributed by atoms with Crippen molar-refractivity contribution in [2.75, 3.05) is 121 Å². The molecule has 0 fully saturated rings. The molecule has 0 bridgehead atoms. The highest BCUT2D eigenvalue weighted by Crippen LogP contribution is 2.34. The van der Waals surface area contributed by atoms with Gasteiger partial charge in [0.2, 0.25) is 0 Å². The summed E-state index contributed by atoms with van der Waals surface area (Å²) in [6.07, 6.45) is 8.45. The molecule has 0 radical (unpaired) electrons. The van der Waals surface area contributed by atoms with E-state index in [1.165, 1.54) is 0 Å². The maximum atomic E-state index is 5.39. The quantitative estimate of drug-likeness (QED) is 0.0514. The van der Waals surface area contributed by atoms with E-state index in [4.69, 9.17) is 29.3 Å². The maximum Gasteiger partial charge on any atom is 0.131 e. The summed E-state index contributed by atoms with van der Waals surface area (Å²) in [6, 6.07) is 0. The van der Waals surface area contributed by atoms with Gasteiger partial charge in [-0.3, -0.25) is 0 Å². The lowest BCUT2D eigenvalue weighted by Gasteiger charge is -2.46. The molecule has 9 nitrogen and oxygen atoms in total. The number of hydrogen-bond acceptors (Lipinski definition) is 6. The van der Waals surface area contributed by atoms with Crippen LogP contribution in [-0.4, -0.2) is 135 Å². The van der Waals surface area contributed by atoms with E-state index in [-0.39, 0.29) is 5.41 Å². The molecule has 0 spiro atoms. The van der Waals surface area contributed by atoms with Gasteiger partial charge in [0, 0.05) is 6.42 Å². The number of nitrogens with zero attached hydrogens (tertiary/aromatic N) is 3. The Balaban J connectivity index is 5.54. The van der Waals surface area contributed by atoms with Crippen molar-refractivity contribution in [2.24, 2.45) is 5.41 Å². The van der Waals surface area contributed by atoms with E-state index in [0.717, 1.165) is 72.0 Å². The molecule has 0 aliphatic carbocycles. The topological polar surface area (TPSA) is 55.4 Å². The largest absolute Gasteiger partial charge is 0.326 e. The van der Waals surface area contributed by atoms with Crippen LogP contribution in [0.4, 0.5) is 0 Å². The zero-order valence-corrected chi connectivity index (χ0v) is 25.8. The van der Waals surface area contributed by atoms with Gasteiger partial charge < -0.3 is 13.4 Å². The molecule has 0 aliphatic rings. The zero-order valence-electron chi connectivity index (χ0n) is 25.8. The Morgan fingerprint density at radius 2 is 0.895 bits per heavy atom. The lowest BCUT2D eigenvalue weighted by Crippen LogP contribution is -2.58. The molecule has 0 aromatic carbocycles. The van der Waals surface area contributed by atoms with Gasteiger partial charge in [-0.2, -0.15) is 0 Å². The van der Waals surface area contributed by atoms with E-state index >= 15 is 0 Å². The van der Waals surface area contributed by atoms with Gasteiger partial charge in [-0.1, -0.05) is 31.6 Å². The fourth-order valence-corrected chi connectivity index (χ4v) is 4.97. The molecule has 9 heteroatoms. The van der Waals surface area contributed by atoms with E-state index < -0.39 is 0 Å². The Morgan fingerprint density at radius 1 is 0.526 bits per heavy atom. The normalized spacial score (nSPS) is 13.0. The molecule has 0 N–H and O–H groups in total. The van der Waals surface area contributed by atoms with Gasteiger partial charge in [-0.15, -0.1) is 19.7 Å². The third-order valence-electron chi connectivity index (χ3n) is 6.70. The van der Waals surface area contributed by atoms with Gasteiger partial charge in [-0.25, -0.2) is 29.3 Å². The van der Waals surface area contributed by atoms with E-state index in [1.54, 1.807) is 18.2 Å². The molecule has 0 aromatic heterocycles. The number of rotatable bonds is 27. The third kappa shape index (κ3) is 19.0. The van der Waals surface area contributed by atoms with Crippen molar-refractivity contribution in [2.45, 2.75) is 26.2 Å². The van der Waals surface area contributed by atoms with E-state index in [9.17, 15) is 0 Å². The Morgan fingerprint density at radius 3 is 1.24 bits per heavy atom. The average Bonchev–Trinajstić information content (AvgIpc) is 2.82. The standard InChI is InChI=1S/C29H60N3O6/c1-11-15-29(27-31(7,8)19-25-37-34-22-13-3,28-32(9,10)20-26-38-35-23-14-4)16-17-30(5,6)18-24-36-33-21-12-2/h12-14H,2-4,11,15-28H2,1,5-10H3/q+3. The van der Waals surface area contributed by atoms with Crippen LogP contribution < -0.4 is 0 Å². The van der Waals surface area contributed by atoms with Gasteiger partial charge in [0.25, 0.3) is 0 Å². The van der Waals surface area contributed by atoms with E-state index in [1.807, 2.05) is 0 Å². The Bertz CT molecular complexity index is 608. The fraction of sp³-hybridized carbons (Fsp3) is 0.793. The molecule has 0 amide bonds. The Kier molecular flexibility index (Phi) is 19.3. The first kappa shape index (κ1) is 36.9. The minimum atomic E-state index is 0.126. The van der Waals surface area contributed by atoms with Crippen LogP contribution in [0, 0.1) is 5.41 Å². The van der Waals surface area contributed by atoms with Gasteiger partial charge in [-0.05, 0) is 6.42 Å². The summed E-state index contributed by atoms with van der Waals surface area (Å²) in [4.78, 5) is 31.6. The first-order chi connectivity index (χ1) is 17.9. The SMILES string of the molecule is C=CCOOCC[N+](C)(C)CCC(CCC)(C[N+](C)(C)CCOOCC=C)C[N+](C)(C)CCOOCC=C. The van der Waals surface area contributed by atoms with Gasteiger partial charge in [0.05, 0.1) is 67.3 Å². The van der Waals surface area contributed by atoms with Crippen LogP contribution in [0.1, 0.15) is 26.2 Å². The molecule has 0 saturated carbocycles. The lowest BCUT2D eigenvalue weighted by molar-refractivity contribution is -0.926. The number of hydrogen-bond donors (Lipinski definition) is 0. The second-order valence-corrected chi connectivity index (χ2v) is 12.2. The highest BCUT2D eigenvalue weighted by Gasteiger charge is 2.43. The second-order valence-electron chi connectivity index (χ2n) is 12.2.